The van der Waals surface area contributed by atoms with Gasteiger partial charge in [0.25, 0.3) is 0 Å². The van der Waals surface area contributed by atoms with Crippen LogP contribution in [0.25, 0.3) is 0 Å². The Morgan fingerprint density at radius 3 is 1.91 bits per heavy atom. The minimum atomic E-state index is 0.590. The van der Waals surface area contributed by atoms with Crippen LogP contribution in [0.2, 0.25) is 0 Å². The monoisotopic (exact) mass is 162 g/mol. The normalized spacial score (nSPS) is 10.2. The Morgan fingerprint density at radius 1 is 1.00 bits per heavy atom. The van der Waals surface area contributed by atoms with Crippen LogP contribution in [0.3, 0.4) is 0 Å². The molecular weight excluding hydrogens is 156 g/mol. The Labute approximate surface area is 65.9 Å². The molecule has 2 aromatic heterocycles. The van der Waals surface area contributed by atoms with E-state index < -0.39 is 0 Å². The lowest BCUT2D eigenvalue weighted by Crippen LogP contribution is -2.28. The highest BCUT2D eigenvalue weighted by Gasteiger charge is 1.98. The lowest BCUT2D eigenvalue weighted by molar-refractivity contribution is 1.10. The van der Waals surface area contributed by atoms with Gasteiger partial charge in [-0.05, 0) is 12.1 Å². The summed E-state index contributed by atoms with van der Waals surface area (Å²) in [4.78, 5) is 0. The fourth-order valence-electron chi connectivity index (χ4n) is 0.796. The molecule has 0 saturated carbocycles. The van der Waals surface area contributed by atoms with Crippen LogP contribution in [0, 0.1) is 0 Å². The van der Waals surface area contributed by atoms with Gasteiger partial charge in [0.05, 0.1) is 0 Å². The highest BCUT2D eigenvalue weighted by molar-refractivity contribution is 6.65. The van der Waals surface area contributed by atoms with E-state index >= 15 is 0 Å². The fraction of sp³-hybridized carbons (Fsp3) is 0. The van der Waals surface area contributed by atoms with Gasteiger partial charge in [0.2, 0.25) is 0 Å². The van der Waals surface area contributed by atoms with Gasteiger partial charge in [0, 0.05) is 23.0 Å². The van der Waals surface area contributed by atoms with Gasteiger partial charge in [-0.2, -0.15) is 10.2 Å². The summed E-state index contributed by atoms with van der Waals surface area (Å²) in [5.41, 5.74) is 0. The Kier molecular flexibility index (Phi) is 1.56. The predicted molar refractivity (Wildman–Crippen MR) is 42.2 cm³/mol. The van der Waals surface area contributed by atoms with Gasteiger partial charge in [-0.25, -0.2) is 0 Å². The molecular formula is C6H6N4Si. The molecule has 5 heteroatoms. The van der Waals surface area contributed by atoms with Gasteiger partial charge in [-0.15, -0.1) is 0 Å². The standard InChI is InChI=1S/C6H6N4Si/c1-3-7-9-5(1)11-6-2-4-8-10-6/h1-4H,(H,7,9)(H,8,10). The molecule has 0 bridgehead atoms. The van der Waals surface area contributed by atoms with E-state index in [-0.39, 0.29) is 0 Å². The lowest BCUT2D eigenvalue weighted by atomic mass is 10.7. The molecule has 0 aromatic carbocycles. The van der Waals surface area contributed by atoms with Crippen LogP contribution in [0.1, 0.15) is 0 Å². The van der Waals surface area contributed by atoms with E-state index in [0.717, 1.165) is 10.6 Å². The average molecular weight is 162 g/mol. The molecule has 54 valence electrons. The summed E-state index contributed by atoms with van der Waals surface area (Å²) in [6.07, 6.45) is 3.50. The summed E-state index contributed by atoms with van der Waals surface area (Å²) in [6, 6.07) is 3.92. The van der Waals surface area contributed by atoms with Gasteiger partial charge in [0.1, 0.15) is 0 Å². The van der Waals surface area contributed by atoms with Crippen molar-refractivity contribution in [2.24, 2.45) is 0 Å². The van der Waals surface area contributed by atoms with Crippen LogP contribution < -0.4 is 10.6 Å². The quantitative estimate of drug-likeness (QED) is 0.544. The van der Waals surface area contributed by atoms with Crippen LogP contribution in [0.15, 0.2) is 24.5 Å². The maximum Gasteiger partial charge on any atom is 0.172 e. The Morgan fingerprint density at radius 2 is 1.55 bits per heavy atom. The van der Waals surface area contributed by atoms with Gasteiger partial charge in [0.15, 0.2) is 9.52 Å². The minimum absolute atomic E-state index is 0.590. The van der Waals surface area contributed by atoms with E-state index in [1.165, 1.54) is 0 Å². The van der Waals surface area contributed by atoms with E-state index in [1.807, 2.05) is 12.1 Å². The molecule has 0 saturated heterocycles. The number of aromatic amines is 2. The van der Waals surface area contributed by atoms with E-state index in [2.05, 4.69) is 20.4 Å². The molecule has 2 rings (SSSR count). The molecule has 2 heterocycles. The molecule has 0 fully saturated rings. The van der Waals surface area contributed by atoms with Crippen LogP contribution in [0.5, 0.6) is 0 Å². The van der Waals surface area contributed by atoms with Crippen molar-refractivity contribution in [1.29, 1.82) is 0 Å². The molecule has 0 unspecified atom stereocenters. The molecule has 2 aromatic rings. The highest BCUT2D eigenvalue weighted by atomic mass is 28.2. The minimum Gasteiger partial charge on any atom is -0.287 e. The summed E-state index contributed by atoms with van der Waals surface area (Å²) in [6.45, 7) is 0. The zero-order valence-corrected chi connectivity index (χ0v) is 6.70. The third-order valence-corrected chi connectivity index (χ3v) is 2.37. The molecule has 2 radical (unpaired) electrons. The van der Waals surface area contributed by atoms with Crippen LogP contribution >= 0.6 is 0 Å². The van der Waals surface area contributed by atoms with Crippen LogP contribution in [-0.4, -0.2) is 29.9 Å². The molecule has 4 nitrogen and oxygen atoms in total. The molecule has 0 atom stereocenters. The summed E-state index contributed by atoms with van der Waals surface area (Å²) in [7, 11) is 0.590. The Bertz CT molecular complexity index is 267. The second-order valence-electron chi connectivity index (χ2n) is 2.07. The first-order valence-electron chi connectivity index (χ1n) is 3.21. The fourth-order valence-corrected chi connectivity index (χ4v) is 1.64. The first kappa shape index (κ1) is 6.35. The van der Waals surface area contributed by atoms with Crippen LogP contribution in [-0.2, 0) is 0 Å². The number of nitrogens with zero attached hydrogens (tertiary/aromatic N) is 2. The first-order chi connectivity index (χ1) is 5.45. The summed E-state index contributed by atoms with van der Waals surface area (Å²) >= 11 is 0. The smallest absolute Gasteiger partial charge is 0.172 e. The van der Waals surface area contributed by atoms with Crippen molar-refractivity contribution in [3.8, 4) is 0 Å². The Hall–Kier alpha value is -1.36. The van der Waals surface area contributed by atoms with E-state index in [4.69, 9.17) is 0 Å². The van der Waals surface area contributed by atoms with Gasteiger partial charge in [-0.3, -0.25) is 10.2 Å². The molecule has 0 amide bonds. The number of aromatic nitrogens is 4. The van der Waals surface area contributed by atoms with Gasteiger partial charge >= 0.3 is 0 Å². The SMILES string of the molecule is c1cc([Si]c2ccn[nH]2)[nH]n1. The summed E-state index contributed by atoms with van der Waals surface area (Å²) in [5, 5.41) is 15.7. The second-order valence-corrected chi connectivity index (χ2v) is 3.39. The summed E-state index contributed by atoms with van der Waals surface area (Å²) in [5.74, 6) is 0. The van der Waals surface area contributed by atoms with Crippen molar-refractivity contribution in [1.82, 2.24) is 20.4 Å². The average Bonchev–Trinajstić information content (AvgIpc) is 2.60. The zero-order chi connectivity index (χ0) is 7.52. The summed E-state index contributed by atoms with van der Waals surface area (Å²) < 4.78 is 0. The van der Waals surface area contributed by atoms with Crippen molar-refractivity contribution in [3.63, 3.8) is 0 Å². The van der Waals surface area contributed by atoms with Gasteiger partial charge in [-0.1, -0.05) is 0 Å². The zero-order valence-electron chi connectivity index (χ0n) is 5.70. The lowest BCUT2D eigenvalue weighted by Gasteiger charge is -1.88. The molecule has 2 N–H and O–H groups in total. The van der Waals surface area contributed by atoms with Crippen molar-refractivity contribution >= 4 is 20.2 Å². The number of hydrogen-bond donors (Lipinski definition) is 2. The van der Waals surface area contributed by atoms with E-state index in [9.17, 15) is 0 Å². The molecule has 0 spiro atoms. The van der Waals surface area contributed by atoms with Gasteiger partial charge < -0.3 is 0 Å². The maximum atomic E-state index is 3.85. The number of nitrogens with one attached hydrogen (secondary N) is 2. The largest absolute Gasteiger partial charge is 0.287 e. The van der Waals surface area contributed by atoms with E-state index in [1.54, 1.807) is 12.4 Å². The van der Waals surface area contributed by atoms with Crippen LogP contribution in [0.4, 0.5) is 0 Å². The molecule has 0 aliphatic rings. The van der Waals surface area contributed by atoms with Crippen molar-refractivity contribution in [2.45, 2.75) is 0 Å². The third-order valence-electron chi connectivity index (χ3n) is 1.27. The Balaban J connectivity index is 2.14. The highest BCUT2D eigenvalue weighted by Crippen LogP contribution is 1.72. The third kappa shape index (κ3) is 1.37. The maximum absolute atomic E-state index is 3.85. The topological polar surface area (TPSA) is 57.4 Å². The van der Waals surface area contributed by atoms with E-state index in [0.29, 0.717) is 9.52 Å². The first-order valence-corrected chi connectivity index (χ1v) is 4.21. The number of rotatable bonds is 2. The molecule has 11 heavy (non-hydrogen) atoms. The predicted octanol–water partition coefficient (Wildman–Crippen LogP) is -1.21. The number of hydrogen-bond acceptors (Lipinski definition) is 2. The second kappa shape index (κ2) is 2.71. The van der Waals surface area contributed by atoms with Crippen molar-refractivity contribution in [2.75, 3.05) is 0 Å². The number of H-pyrrole nitrogens is 2. The van der Waals surface area contributed by atoms with Crippen molar-refractivity contribution in [3.05, 3.63) is 24.5 Å². The van der Waals surface area contributed by atoms with Crippen molar-refractivity contribution < 1.29 is 0 Å². The molecule has 0 aliphatic heterocycles. The molecule has 0 aliphatic carbocycles.